The number of likely N-dealkylation sites (N-methyl/N-ethyl adjacent to an activating group) is 1. The lowest BCUT2D eigenvalue weighted by molar-refractivity contribution is 0.589. The van der Waals surface area contributed by atoms with Crippen LogP contribution in [-0.2, 0) is 6.42 Å². The van der Waals surface area contributed by atoms with Crippen LogP contribution in [0.4, 0.5) is 0 Å². The first-order valence-corrected chi connectivity index (χ1v) is 8.70. The molecule has 0 heterocycles. The van der Waals surface area contributed by atoms with Gasteiger partial charge in [-0.15, -0.1) is 0 Å². The number of benzene rings is 2. The predicted molar refractivity (Wildman–Crippen MR) is 98.8 cm³/mol. The second-order valence-corrected chi connectivity index (χ2v) is 7.31. The molecule has 0 aliphatic rings. The van der Waals surface area contributed by atoms with E-state index in [1.54, 1.807) is 0 Å². The zero-order valence-electron chi connectivity index (χ0n) is 10.8. The molecule has 0 aromatic heterocycles. The monoisotopic (exact) mass is 483 g/mol. The van der Waals surface area contributed by atoms with Crippen LogP contribution in [0.2, 0.25) is 10.0 Å². The van der Waals surface area contributed by atoms with Crippen molar-refractivity contribution in [3.8, 4) is 0 Å². The van der Waals surface area contributed by atoms with Crippen LogP contribution in [0.15, 0.2) is 40.9 Å². The molecule has 0 radical (unpaired) electrons. The molecule has 0 spiro atoms. The van der Waals surface area contributed by atoms with Gasteiger partial charge in [-0.3, -0.25) is 0 Å². The van der Waals surface area contributed by atoms with E-state index in [0.29, 0.717) is 10.0 Å². The highest BCUT2D eigenvalue weighted by molar-refractivity contribution is 14.1. The van der Waals surface area contributed by atoms with Crippen LogP contribution in [0.25, 0.3) is 0 Å². The van der Waals surface area contributed by atoms with Crippen LogP contribution in [0.1, 0.15) is 17.2 Å². The Labute approximate surface area is 151 Å². The number of halogens is 4. The maximum Gasteiger partial charge on any atom is 0.0624 e. The van der Waals surface area contributed by atoms with E-state index >= 15 is 0 Å². The molecule has 0 saturated heterocycles. The molecule has 1 N–H and O–H groups in total. The van der Waals surface area contributed by atoms with Crippen LogP contribution in [0, 0.1) is 3.57 Å². The van der Waals surface area contributed by atoms with Crippen molar-refractivity contribution in [3.63, 3.8) is 0 Å². The molecule has 2 rings (SSSR count). The average molecular weight is 485 g/mol. The topological polar surface area (TPSA) is 12.0 Å². The summed E-state index contributed by atoms with van der Waals surface area (Å²) in [5.74, 6) is 0. The minimum Gasteiger partial charge on any atom is -0.313 e. The Morgan fingerprint density at radius 3 is 2.70 bits per heavy atom. The van der Waals surface area contributed by atoms with Gasteiger partial charge >= 0.3 is 0 Å². The lowest BCUT2D eigenvalue weighted by Crippen LogP contribution is -2.19. The normalized spacial score (nSPS) is 12.4. The van der Waals surface area contributed by atoms with Gasteiger partial charge in [0.25, 0.3) is 0 Å². The van der Waals surface area contributed by atoms with Gasteiger partial charge in [-0.25, -0.2) is 0 Å². The average Bonchev–Trinajstić information content (AvgIpc) is 2.43. The van der Waals surface area contributed by atoms with Crippen LogP contribution >= 0.6 is 61.7 Å². The van der Waals surface area contributed by atoms with Gasteiger partial charge in [-0.05, 0) is 71.5 Å². The number of rotatable bonds is 4. The molecule has 0 fully saturated rings. The molecule has 0 aliphatic heterocycles. The number of hydrogen-bond donors (Lipinski definition) is 1. The first kappa shape index (κ1) is 16.6. The number of nitrogens with one attached hydrogen (secondary N) is 1. The fourth-order valence-electron chi connectivity index (χ4n) is 2.08. The Bertz CT molecular complexity index is 619. The van der Waals surface area contributed by atoms with E-state index in [4.69, 9.17) is 23.2 Å². The summed E-state index contributed by atoms with van der Waals surface area (Å²) < 4.78 is 2.30. The second-order valence-electron chi connectivity index (χ2n) is 4.42. The summed E-state index contributed by atoms with van der Waals surface area (Å²) in [7, 11) is 1.95. The molecule has 1 atom stereocenters. The van der Waals surface area contributed by atoms with Gasteiger partial charge in [0, 0.05) is 14.1 Å². The van der Waals surface area contributed by atoms with E-state index < -0.39 is 0 Å². The maximum atomic E-state index is 6.28. The zero-order chi connectivity index (χ0) is 14.7. The van der Waals surface area contributed by atoms with Crippen molar-refractivity contribution >= 4 is 61.7 Å². The highest BCUT2D eigenvalue weighted by Gasteiger charge is 2.16. The van der Waals surface area contributed by atoms with E-state index in [-0.39, 0.29) is 6.04 Å². The van der Waals surface area contributed by atoms with Crippen molar-refractivity contribution in [2.24, 2.45) is 0 Å². The summed E-state index contributed by atoms with van der Waals surface area (Å²) in [6.45, 7) is 0. The van der Waals surface area contributed by atoms with E-state index in [0.717, 1.165) is 16.5 Å². The molecule has 0 aliphatic carbocycles. The van der Waals surface area contributed by atoms with Crippen molar-refractivity contribution in [2.75, 3.05) is 7.05 Å². The van der Waals surface area contributed by atoms with E-state index in [2.05, 4.69) is 62.0 Å². The Hall–Kier alpha value is 0.190. The molecular formula is C15H13BrCl2IN. The molecule has 0 saturated carbocycles. The van der Waals surface area contributed by atoms with Crippen LogP contribution in [-0.4, -0.2) is 7.05 Å². The fraction of sp³-hybridized carbons (Fsp3) is 0.200. The summed E-state index contributed by atoms with van der Waals surface area (Å²) in [4.78, 5) is 0. The third-order valence-corrected chi connectivity index (χ3v) is 5.39. The van der Waals surface area contributed by atoms with Crippen molar-refractivity contribution in [1.82, 2.24) is 5.32 Å². The van der Waals surface area contributed by atoms with Crippen LogP contribution in [0.5, 0.6) is 0 Å². The Kier molecular flexibility index (Phi) is 6.17. The Morgan fingerprint density at radius 1 is 1.25 bits per heavy atom. The molecule has 0 amide bonds. The summed E-state index contributed by atoms with van der Waals surface area (Å²) in [5, 5.41) is 4.58. The Morgan fingerprint density at radius 2 is 2.00 bits per heavy atom. The van der Waals surface area contributed by atoms with Crippen molar-refractivity contribution in [3.05, 3.63) is 65.6 Å². The largest absolute Gasteiger partial charge is 0.313 e. The molecule has 0 bridgehead atoms. The standard InChI is InChI=1S/C15H13BrCl2IN/c1-20-14(11-8-10(19)5-6-12(11)16)7-9-3-2-4-13(17)15(9)18/h2-6,8,14,20H,7H2,1H3. The van der Waals surface area contributed by atoms with Crippen LogP contribution < -0.4 is 5.32 Å². The third-order valence-electron chi connectivity index (χ3n) is 3.14. The second kappa shape index (κ2) is 7.45. The first-order chi connectivity index (χ1) is 9.52. The van der Waals surface area contributed by atoms with Gasteiger partial charge in [-0.2, -0.15) is 0 Å². The van der Waals surface area contributed by atoms with Gasteiger partial charge in [-0.1, -0.05) is 51.3 Å². The van der Waals surface area contributed by atoms with Gasteiger partial charge in [0.15, 0.2) is 0 Å². The predicted octanol–water partition coefficient (Wildman–Crippen LogP) is 5.86. The van der Waals surface area contributed by atoms with Gasteiger partial charge in [0.05, 0.1) is 10.0 Å². The summed E-state index contributed by atoms with van der Waals surface area (Å²) in [5.41, 5.74) is 2.26. The van der Waals surface area contributed by atoms with Gasteiger partial charge in [0.1, 0.15) is 0 Å². The fourth-order valence-corrected chi connectivity index (χ4v) is 3.51. The van der Waals surface area contributed by atoms with E-state index in [1.807, 2.05) is 25.2 Å². The molecular weight excluding hydrogens is 472 g/mol. The smallest absolute Gasteiger partial charge is 0.0624 e. The van der Waals surface area contributed by atoms with Crippen molar-refractivity contribution in [1.29, 1.82) is 0 Å². The van der Waals surface area contributed by atoms with Gasteiger partial charge in [0.2, 0.25) is 0 Å². The van der Waals surface area contributed by atoms with E-state index in [9.17, 15) is 0 Å². The molecule has 2 aromatic rings. The Balaban J connectivity index is 2.34. The highest BCUT2D eigenvalue weighted by Crippen LogP contribution is 2.32. The maximum absolute atomic E-state index is 6.28. The highest BCUT2D eigenvalue weighted by atomic mass is 127. The summed E-state index contributed by atoms with van der Waals surface area (Å²) >= 11 is 18.3. The lowest BCUT2D eigenvalue weighted by atomic mass is 9.99. The molecule has 20 heavy (non-hydrogen) atoms. The van der Waals surface area contributed by atoms with Crippen LogP contribution in [0.3, 0.4) is 0 Å². The molecule has 2 aromatic carbocycles. The minimum atomic E-state index is 0.176. The first-order valence-electron chi connectivity index (χ1n) is 6.08. The minimum absolute atomic E-state index is 0.176. The van der Waals surface area contributed by atoms with Crippen molar-refractivity contribution in [2.45, 2.75) is 12.5 Å². The summed E-state index contributed by atoms with van der Waals surface area (Å²) in [6, 6.07) is 12.2. The molecule has 106 valence electrons. The SMILES string of the molecule is CNC(Cc1cccc(Cl)c1Cl)c1cc(I)ccc1Br. The third kappa shape index (κ3) is 3.89. The van der Waals surface area contributed by atoms with E-state index in [1.165, 1.54) is 9.13 Å². The number of hydrogen-bond acceptors (Lipinski definition) is 1. The quantitative estimate of drug-likeness (QED) is 0.536. The zero-order valence-corrected chi connectivity index (χ0v) is 16.0. The molecule has 1 unspecified atom stereocenters. The summed E-state index contributed by atoms with van der Waals surface area (Å²) in [6.07, 6.45) is 0.786. The van der Waals surface area contributed by atoms with Crippen molar-refractivity contribution < 1.29 is 0 Å². The van der Waals surface area contributed by atoms with Gasteiger partial charge < -0.3 is 5.32 Å². The lowest BCUT2D eigenvalue weighted by Gasteiger charge is -2.19. The molecule has 5 heteroatoms. The molecule has 1 nitrogen and oxygen atoms in total.